The molecule has 3 aliphatic rings. The second kappa shape index (κ2) is 58.0. The number of epoxide rings is 1. The summed E-state index contributed by atoms with van der Waals surface area (Å²) in [5, 5.41) is 64.9. The third kappa shape index (κ3) is 38.4. The van der Waals surface area contributed by atoms with Crippen molar-refractivity contribution in [3.63, 3.8) is 0 Å². The zero-order valence-electron chi connectivity index (χ0n) is 72.8. The van der Waals surface area contributed by atoms with Crippen molar-refractivity contribution >= 4 is 67.6 Å². The second-order valence-corrected chi connectivity index (χ2v) is 32.1. The maximum atomic E-state index is 12.0. The van der Waals surface area contributed by atoms with E-state index < -0.39 is 28.4 Å². The molecule has 11 aromatic rings. The topological polar surface area (TPSA) is 271 Å². The van der Waals surface area contributed by atoms with Crippen molar-refractivity contribution in [3.8, 4) is 5.75 Å². The van der Waals surface area contributed by atoms with Crippen molar-refractivity contribution in [3.05, 3.63) is 415 Å². The fourth-order valence-corrected chi connectivity index (χ4v) is 14.1. The van der Waals surface area contributed by atoms with E-state index in [9.17, 15) is 28.8 Å². The van der Waals surface area contributed by atoms with Crippen molar-refractivity contribution in [1.29, 1.82) is 0 Å². The Labute approximate surface area is 769 Å². The standard InChI is InChI=1S/C24H24ClN3O2.C23H28N2O3.C16H15NO4S.C14H21NO2.C9H9NO2.C9H7NO.C9H7N/c1-26-20-9-7-19(8-10-20)24(27-23-12-11-21(30)15-22(23)25)17-28(13-14-29)16-18-5-3-2-4-6-18;1-24-21-12-10-20(11-13-21)22(26)18-25(17-19-7-3-2-4-8-19)14-16-28-23-9-5-6-15-27-23;1-12-3-9-15(10-4-12)22(19,20)21-11-16(18)13-5-7-14(17-2)8-6-13;1-2-6-13(7-3-1)12-15-9-11-17-14-8-4-5-10-16-14;1-10-8-4-2-7(3-5-8)9(12)6-11;1-10-8-4-2-7(3-5-8)9-6-11-9;1-3-8-4-6-9(10-2)7-5-8/h2-12,15,24,27,29-30H,13-14,16-17H2;2-4,7-8,10-13,22-23,26H,5-6,9,14-18H2;3-10,16,18H,11H2,1H3;1-3,6-7,14-15H,4-5,8-12H2;2-5,9,11-12H,6H2;2-5,9H,6H2;3-7H,1H2/t24-;22-,23?;16-;;2*9-;/m000.00./s1. The number of ether oxygens (including phenoxy) is 5. The lowest BCUT2D eigenvalue weighted by Crippen LogP contribution is -2.33. The summed E-state index contributed by atoms with van der Waals surface area (Å²) < 4.78 is 56.6. The Balaban J connectivity index is 0.000000194. The summed E-state index contributed by atoms with van der Waals surface area (Å²) in [6, 6.07) is 83.9. The lowest BCUT2D eigenvalue weighted by molar-refractivity contribution is -0.164. The summed E-state index contributed by atoms with van der Waals surface area (Å²) in [5.41, 5.74) is 14.0. The number of aliphatic hydroxyl groups excluding tert-OH is 5. The Morgan fingerprint density at radius 1 is 0.508 bits per heavy atom. The van der Waals surface area contributed by atoms with Gasteiger partial charge >= 0.3 is 0 Å². The van der Waals surface area contributed by atoms with E-state index in [-0.39, 0.29) is 49.1 Å². The minimum absolute atomic E-state index is 0.0299. The molecule has 0 aromatic heterocycles. The van der Waals surface area contributed by atoms with Crippen LogP contribution in [-0.4, -0.2) is 147 Å². The number of rotatable bonds is 33. The zero-order chi connectivity index (χ0) is 92.9. The number of aryl methyl sites for hydroxylation is 1. The van der Waals surface area contributed by atoms with Gasteiger partial charge in [0, 0.05) is 71.6 Å². The lowest BCUT2D eigenvalue weighted by Gasteiger charge is -2.29. The van der Waals surface area contributed by atoms with Crippen LogP contribution in [0, 0.1) is 46.4 Å². The van der Waals surface area contributed by atoms with Gasteiger partial charge in [-0.15, -0.1) is 0 Å². The van der Waals surface area contributed by atoms with Gasteiger partial charge in [-0.25, -0.2) is 29.1 Å². The van der Waals surface area contributed by atoms with Gasteiger partial charge in [0.1, 0.15) is 24.1 Å². The number of halogens is 1. The van der Waals surface area contributed by atoms with Crippen LogP contribution in [0.25, 0.3) is 35.1 Å². The maximum Gasteiger partial charge on any atom is 0.297 e. The average Bonchev–Trinajstić information content (AvgIpc) is 1.82. The van der Waals surface area contributed by atoms with Crippen LogP contribution in [0.1, 0.15) is 125 Å². The van der Waals surface area contributed by atoms with Crippen molar-refractivity contribution in [2.24, 2.45) is 0 Å². The fourth-order valence-electron chi connectivity index (χ4n) is 12.9. The normalized spacial score (nSPS) is 14.9. The molecule has 26 heteroatoms. The molecule has 14 rings (SSSR count). The first-order valence-electron chi connectivity index (χ1n) is 42.5. The summed E-state index contributed by atoms with van der Waals surface area (Å²) in [6.07, 6.45) is 6.10. The van der Waals surface area contributed by atoms with E-state index in [4.69, 9.17) is 89.1 Å². The van der Waals surface area contributed by atoms with E-state index in [2.05, 4.69) is 105 Å². The molecule has 3 fully saturated rings. The average molecular weight is 1790 g/mol. The molecule has 3 saturated heterocycles. The summed E-state index contributed by atoms with van der Waals surface area (Å²) in [6.45, 7) is 55.3. The van der Waals surface area contributed by atoms with E-state index in [1.165, 1.54) is 47.7 Å². The Hall–Kier alpha value is -12.6. The van der Waals surface area contributed by atoms with Crippen LogP contribution in [0.3, 0.4) is 0 Å². The number of aliphatic hydroxyl groups is 5. The molecular weight excluding hydrogens is 1680 g/mol. The van der Waals surface area contributed by atoms with Gasteiger partial charge in [-0.1, -0.05) is 279 Å². The number of benzene rings is 11. The predicted octanol–water partition coefficient (Wildman–Crippen LogP) is 21.3. The smallest absolute Gasteiger partial charge is 0.297 e. The molecule has 0 spiro atoms. The molecule has 0 aliphatic carbocycles. The predicted molar refractivity (Wildman–Crippen MR) is 509 cm³/mol. The van der Waals surface area contributed by atoms with Crippen LogP contribution in [0.5, 0.6) is 5.75 Å². The molecule has 0 bridgehead atoms. The minimum atomic E-state index is -3.90. The van der Waals surface area contributed by atoms with Crippen molar-refractivity contribution in [2.75, 3.05) is 90.9 Å². The van der Waals surface area contributed by atoms with Crippen LogP contribution in [-0.2, 0) is 57.6 Å². The Morgan fingerprint density at radius 3 is 1.37 bits per heavy atom. The highest BCUT2D eigenvalue weighted by Gasteiger charge is 2.25. The lowest BCUT2D eigenvalue weighted by atomic mass is 10.0. The summed E-state index contributed by atoms with van der Waals surface area (Å²) in [7, 11) is -3.90. The molecule has 674 valence electrons. The van der Waals surface area contributed by atoms with E-state index in [1.54, 1.807) is 115 Å². The van der Waals surface area contributed by atoms with E-state index in [0.29, 0.717) is 101 Å². The number of hydrogen-bond acceptors (Lipinski definition) is 18. The highest BCUT2D eigenvalue weighted by Crippen LogP contribution is 2.34. The summed E-state index contributed by atoms with van der Waals surface area (Å²) >= 11 is 6.32. The molecule has 8 N–H and O–H groups in total. The number of nitrogens with zero attached hydrogens (tertiary/aromatic N) is 8. The van der Waals surface area contributed by atoms with E-state index >= 15 is 0 Å². The molecule has 0 radical (unpaired) electrons. The SMILES string of the molecule is [C-]#[N+]c1ccc(C=C)cc1.[C-]#[N+]c1ccc([C@@H](O)CN(CCOC2CCCCO2)Cc2ccccc2)cc1.[C-]#[N+]c1ccc([C@@H](O)CO)cc1.[C-]#[N+]c1ccc([C@@H](O)COS(=O)(=O)c2ccc(C)cc2)cc1.[C-]#[N+]c1ccc([C@@H]2CO2)cc1.[C-]#[N+]c1ccc([C@H](CN(CCO)Cc2ccccc2)Nc2ccc(O)cc2Cl)cc1.c1ccc(CNCCOC2CCCCO2)cc1. The molecular formula is C104H111ClN10O14S. The highest BCUT2D eigenvalue weighted by atomic mass is 35.5. The second-order valence-electron chi connectivity index (χ2n) is 30.1. The Kier molecular flexibility index (Phi) is 45.9. The number of nitrogens with one attached hydrogen (secondary N) is 2. The van der Waals surface area contributed by atoms with Crippen LogP contribution < -0.4 is 10.6 Å². The van der Waals surface area contributed by atoms with E-state index in [1.807, 2.05) is 110 Å². The van der Waals surface area contributed by atoms with E-state index in [0.717, 1.165) is 99.6 Å². The monoisotopic (exact) mass is 1790 g/mol. The number of phenols is 1. The van der Waals surface area contributed by atoms with Gasteiger partial charge in [0.2, 0.25) is 0 Å². The summed E-state index contributed by atoms with van der Waals surface area (Å²) in [5.74, 6) is 0.106. The molecule has 11 aromatic carbocycles. The number of phenolic OH excluding ortho intramolecular Hbond substituents is 1. The first-order valence-corrected chi connectivity index (χ1v) is 44.3. The first kappa shape index (κ1) is 103. The van der Waals surface area contributed by atoms with Crippen LogP contribution in [0.15, 0.2) is 291 Å². The van der Waals surface area contributed by atoms with Crippen molar-refractivity contribution < 1.29 is 66.9 Å². The Bertz CT molecular complexity index is 5490. The van der Waals surface area contributed by atoms with Gasteiger partial charge in [0.05, 0.1) is 107 Å². The molecule has 0 amide bonds. The van der Waals surface area contributed by atoms with Crippen LogP contribution in [0.4, 0.5) is 39.8 Å². The van der Waals surface area contributed by atoms with Crippen LogP contribution in [0.2, 0.25) is 5.02 Å². The van der Waals surface area contributed by atoms with Crippen molar-refractivity contribution in [2.45, 2.75) is 113 Å². The molecule has 2 unspecified atom stereocenters. The third-order valence-electron chi connectivity index (χ3n) is 20.3. The molecule has 0 saturated carbocycles. The number of anilines is 1. The van der Waals surface area contributed by atoms with Gasteiger partial charge in [-0.3, -0.25) is 14.0 Å². The third-order valence-corrected chi connectivity index (χ3v) is 21.9. The molecule has 24 nitrogen and oxygen atoms in total. The quantitative estimate of drug-likeness (QED) is 0.00624. The summed E-state index contributed by atoms with van der Waals surface area (Å²) in [4.78, 5) is 24.3. The first-order chi connectivity index (χ1) is 63.2. The van der Waals surface area contributed by atoms with Crippen LogP contribution >= 0.6 is 11.6 Å². The molecule has 3 heterocycles. The number of aromatic hydroxyl groups is 1. The molecule has 3 aliphatic heterocycles. The van der Waals surface area contributed by atoms with Gasteiger partial charge in [0.15, 0.2) is 46.7 Å². The van der Waals surface area contributed by atoms with Gasteiger partial charge < -0.3 is 65.0 Å². The molecule has 130 heavy (non-hydrogen) atoms. The van der Waals surface area contributed by atoms with Gasteiger partial charge in [-0.05, 0) is 120 Å². The van der Waals surface area contributed by atoms with Gasteiger partial charge in [0.25, 0.3) is 10.1 Å². The minimum Gasteiger partial charge on any atom is -0.508 e. The Morgan fingerprint density at radius 2 is 0.938 bits per heavy atom. The molecule has 7 atom stereocenters. The van der Waals surface area contributed by atoms with Gasteiger partial charge in [-0.2, -0.15) is 8.42 Å². The maximum absolute atomic E-state index is 12.0. The van der Waals surface area contributed by atoms with Crippen molar-refractivity contribution in [1.82, 2.24) is 15.1 Å². The number of hydrogen-bond donors (Lipinski definition) is 8. The fraction of sp³-hybridized carbons (Fsp3) is 0.288. The highest BCUT2D eigenvalue weighted by molar-refractivity contribution is 7.86. The zero-order valence-corrected chi connectivity index (χ0v) is 74.3. The largest absolute Gasteiger partial charge is 0.508 e.